The highest BCUT2D eigenvalue weighted by molar-refractivity contribution is 14.1. The topological polar surface area (TPSA) is 9.23 Å². The molecular formula is C10H9BF3IO. The largest absolute Gasteiger partial charge is 0.493 e. The average molecular weight is 340 g/mol. The van der Waals surface area contributed by atoms with Crippen LogP contribution in [0.2, 0.25) is 6.32 Å². The van der Waals surface area contributed by atoms with Crippen LogP contribution < -0.4 is 4.74 Å². The highest BCUT2D eigenvalue weighted by Gasteiger charge is 2.34. The normalized spacial score (nSPS) is 11.5. The first kappa shape index (κ1) is 13.7. The molecule has 0 aliphatic rings. The molecule has 0 amide bonds. The van der Waals surface area contributed by atoms with Gasteiger partial charge in [0.1, 0.15) is 5.75 Å². The standard InChI is InChI=1S/C10H9BF3IO/c11-4-1-5-16-9-6-7(15)2-3-8(9)10(12,13)14/h2-3,6H,1,4-5H2. The minimum atomic E-state index is -4.39. The summed E-state index contributed by atoms with van der Waals surface area (Å²) in [5.74, 6) is -0.132. The monoisotopic (exact) mass is 340 g/mol. The SMILES string of the molecule is [B]CCCOc1cc(I)ccc1C(F)(F)F. The lowest BCUT2D eigenvalue weighted by atomic mass is 10.0. The molecule has 6 heteroatoms. The second-order valence-corrected chi connectivity index (χ2v) is 4.37. The molecular weight excluding hydrogens is 331 g/mol. The van der Waals surface area contributed by atoms with Gasteiger partial charge in [0.25, 0.3) is 0 Å². The van der Waals surface area contributed by atoms with Gasteiger partial charge in [-0.05, 0) is 47.2 Å². The Labute approximate surface area is 107 Å². The third kappa shape index (κ3) is 3.88. The van der Waals surface area contributed by atoms with Gasteiger partial charge in [-0.25, -0.2) is 0 Å². The van der Waals surface area contributed by atoms with Crippen molar-refractivity contribution in [2.45, 2.75) is 18.9 Å². The minimum absolute atomic E-state index is 0.132. The fourth-order valence-corrected chi connectivity index (χ4v) is 1.58. The number of ether oxygens (including phenoxy) is 1. The van der Waals surface area contributed by atoms with E-state index in [2.05, 4.69) is 0 Å². The van der Waals surface area contributed by atoms with Crippen molar-refractivity contribution in [1.82, 2.24) is 0 Å². The molecule has 0 heterocycles. The molecule has 0 unspecified atom stereocenters. The first-order valence-corrected chi connectivity index (χ1v) is 5.72. The lowest BCUT2D eigenvalue weighted by Crippen LogP contribution is -2.09. The zero-order valence-electron chi connectivity index (χ0n) is 8.35. The maximum Gasteiger partial charge on any atom is 0.419 e. The Kier molecular flexibility index (Phi) is 4.95. The van der Waals surface area contributed by atoms with Crippen molar-refractivity contribution in [1.29, 1.82) is 0 Å². The Balaban J connectivity index is 2.90. The van der Waals surface area contributed by atoms with E-state index in [1.165, 1.54) is 12.1 Å². The van der Waals surface area contributed by atoms with Crippen molar-refractivity contribution in [2.24, 2.45) is 0 Å². The lowest BCUT2D eigenvalue weighted by Gasteiger charge is -2.14. The van der Waals surface area contributed by atoms with Gasteiger partial charge >= 0.3 is 6.18 Å². The highest BCUT2D eigenvalue weighted by atomic mass is 127. The fourth-order valence-electron chi connectivity index (χ4n) is 1.12. The van der Waals surface area contributed by atoms with Crippen LogP contribution in [0.25, 0.3) is 0 Å². The van der Waals surface area contributed by atoms with Crippen LogP contribution in [-0.4, -0.2) is 14.5 Å². The third-order valence-electron chi connectivity index (χ3n) is 1.86. The van der Waals surface area contributed by atoms with E-state index < -0.39 is 11.7 Å². The molecule has 1 nitrogen and oxygen atoms in total. The van der Waals surface area contributed by atoms with E-state index in [4.69, 9.17) is 12.6 Å². The van der Waals surface area contributed by atoms with E-state index >= 15 is 0 Å². The first-order chi connectivity index (χ1) is 7.45. The minimum Gasteiger partial charge on any atom is -0.493 e. The first-order valence-electron chi connectivity index (χ1n) is 4.65. The molecule has 0 saturated carbocycles. The van der Waals surface area contributed by atoms with Crippen LogP contribution in [0.3, 0.4) is 0 Å². The van der Waals surface area contributed by atoms with E-state index in [0.29, 0.717) is 16.3 Å². The smallest absolute Gasteiger partial charge is 0.419 e. The van der Waals surface area contributed by atoms with E-state index in [1.807, 2.05) is 22.6 Å². The van der Waals surface area contributed by atoms with E-state index in [0.717, 1.165) is 6.07 Å². The van der Waals surface area contributed by atoms with Crippen molar-refractivity contribution in [2.75, 3.05) is 6.61 Å². The van der Waals surface area contributed by atoms with Gasteiger partial charge in [-0.2, -0.15) is 13.2 Å². The predicted molar refractivity (Wildman–Crippen MR) is 64.8 cm³/mol. The maximum absolute atomic E-state index is 12.6. The molecule has 0 N–H and O–H groups in total. The summed E-state index contributed by atoms with van der Waals surface area (Å²) in [6.45, 7) is 0.194. The summed E-state index contributed by atoms with van der Waals surface area (Å²) in [7, 11) is 5.24. The number of hydrogen-bond acceptors (Lipinski definition) is 1. The Bertz CT molecular complexity index is 354. The summed E-state index contributed by atoms with van der Waals surface area (Å²) < 4.78 is 43.5. The van der Waals surface area contributed by atoms with Crippen LogP contribution in [0.4, 0.5) is 13.2 Å². The summed E-state index contributed by atoms with van der Waals surface area (Å²) in [5.41, 5.74) is -0.745. The van der Waals surface area contributed by atoms with Gasteiger partial charge in [0, 0.05) is 3.57 Å². The molecule has 1 aromatic rings. The number of benzene rings is 1. The number of halogens is 4. The van der Waals surface area contributed by atoms with Gasteiger partial charge < -0.3 is 4.74 Å². The van der Waals surface area contributed by atoms with Gasteiger partial charge in [0.15, 0.2) is 0 Å². The molecule has 0 saturated heterocycles. The lowest BCUT2D eigenvalue weighted by molar-refractivity contribution is -0.138. The van der Waals surface area contributed by atoms with E-state index in [9.17, 15) is 13.2 Å². The second-order valence-electron chi connectivity index (χ2n) is 3.13. The molecule has 0 aliphatic heterocycles. The van der Waals surface area contributed by atoms with Crippen LogP contribution in [0.15, 0.2) is 18.2 Å². The van der Waals surface area contributed by atoms with Crippen LogP contribution in [-0.2, 0) is 6.18 Å². The summed E-state index contributed by atoms with van der Waals surface area (Å²) in [5, 5.41) is 0. The molecule has 0 spiro atoms. The number of hydrogen-bond donors (Lipinski definition) is 0. The summed E-state index contributed by atoms with van der Waals surface area (Å²) in [4.78, 5) is 0. The van der Waals surface area contributed by atoms with Crippen molar-refractivity contribution in [3.8, 4) is 5.75 Å². The van der Waals surface area contributed by atoms with Gasteiger partial charge in [-0.1, -0.05) is 6.32 Å². The Morgan fingerprint density at radius 2 is 2.00 bits per heavy atom. The predicted octanol–water partition coefficient (Wildman–Crippen LogP) is 3.67. The maximum atomic E-state index is 12.6. The Hall–Kier alpha value is -0.395. The highest BCUT2D eigenvalue weighted by Crippen LogP contribution is 2.36. The van der Waals surface area contributed by atoms with Crippen LogP contribution >= 0.6 is 22.6 Å². The van der Waals surface area contributed by atoms with Crippen LogP contribution in [0.1, 0.15) is 12.0 Å². The third-order valence-corrected chi connectivity index (χ3v) is 2.53. The summed E-state index contributed by atoms with van der Waals surface area (Å²) >= 11 is 1.94. The average Bonchev–Trinajstić information content (AvgIpc) is 2.16. The van der Waals surface area contributed by atoms with Crippen LogP contribution in [0, 0.1) is 3.57 Å². The van der Waals surface area contributed by atoms with Crippen molar-refractivity contribution >= 4 is 30.4 Å². The zero-order chi connectivity index (χ0) is 12.2. The van der Waals surface area contributed by atoms with Crippen molar-refractivity contribution < 1.29 is 17.9 Å². The van der Waals surface area contributed by atoms with Crippen molar-refractivity contribution in [3.63, 3.8) is 0 Å². The molecule has 86 valence electrons. The Morgan fingerprint density at radius 1 is 1.31 bits per heavy atom. The fraction of sp³-hybridized carbons (Fsp3) is 0.400. The molecule has 0 aromatic heterocycles. The quantitative estimate of drug-likeness (QED) is 0.462. The van der Waals surface area contributed by atoms with Crippen molar-refractivity contribution in [3.05, 3.63) is 27.3 Å². The summed E-state index contributed by atoms with van der Waals surface area (Å²) in [6, 6.07) is 3.80. The van der Waals surface area contributed by atoms with E-state index in [-0.39, 0.29) is 12.4 Å². The number of rotatable bonds is 4. The molecule has 2 radical (unpaired) electrons. The summed E-state index contributed by atoms with van der Waals surface area (Å²) in [6.07, 6.45) is -3.46. The van der Waals surface area contributed by atoms with Gasteiger partial charge in [-0.3, -0.25) is 0 Å². The Morgan fingerprint density at radius 3 is 2.56 bits per heavy atom. The molecule has 0 fully saturated rings. The molecule has 1 aromatic carbocycles. The molecule has 0 atom stereocenters. The molecule has 0 bridgehead atoms. The molecule has 1 rings (SSSR count). The zero-order valence-corrected chi connectivity index (χ0v) is 10.5. The van der Waals surface area contributed by atoms with Crippen LogP contribution in [0.5, 0.6) is 5.75 Å². The molecule has 16 heavy (non-hydrogen) atoms. The number of alkyl halides is 3. The molecule has 0 aliphatic carbocycles. The van der Waals surface area contributed by atoms with Gasteiger partial charge in [-0.15, -0.1) is 0 Å². The van der Waals surface area contributed by atoms with E-state index in [1.54, 1.807) is 0 Å². The second kappa shape index (κ2) is 5.79. The van der Waals surface area contributed by atoms with Gasteiger partial charge in [0.05, 0.1) is 20.0 Å². The van der Waals surface area contributed by atoms with Gasteiger partial charge in [0.2, 0.25) is 0 Å².